The molecular formula is C26H35N5O4. The molecular weight excluding hydrogens is 446 g/mol. The van der Waals surface area contributed by atoms with Crippen molar-refractivity contribution in [1.82, 2.24) is 19.6 Å². The van der Waals surface area contributed by atoms with Crippen molar-refractivity contribution in [3.63, 3.8) is 0 Å². The lowest BCUT2D eigenvalue weighted by Crippen LogP contribution is -2.54. The Morgan fingerprint density at radius 3 is 2.37 bits per heavy atom. The monoisotopic (exact) mass is 481 g/mol. The molecule has 0 N–H and O–H groups in total. The van der Waals surface area contributed by atoms with Crippen LogP contribution in [0.3, 0.4) is 0 Å². The first-order valence-corrected chi connectivity index (χ1v) is 12.3. The van der Waals surface area contributed by atoms with Gasteiger partial charge in [-0.05, 0) is 39.2 Å². The van der Waals surface area contributed by atoms with Crippen LogP contribution in [0.1, 0.15) is 39.2 Å². The number of nitrogens with zero attached hydrogens (tertiary/aromatic N) is 5. The van der Waals surface area contributed by atoms with Gasteiger partial charge in [0, 0.05) is 45.3 Å². The molecule has 1 aromatic heterocycles. The Labute approximate surface area is 206 Å². The van der Waals surface area contributed by atoms with Gasteiger partial charge in [0.25, 0.3) is 5.56 Å². The summed E-state index contributed by atoms with van der Waals surface area (Å²) < 4.78 is 6.90. The summed E-state index contributed by atoms with van der Waals surface area (Å²) in [5.41, 5.74) is 1.09. The Kier molecular flexibility index (Phi) is 7.42. The average Bonchev–Trinajstić information content (AvgIpc) is 2.84. The van der Waals surface area contributed by atoms with Crippen molar-refractivity contribution in [3.05, 3.63) is 58.5 Å². The minimum Gasteiger partial charge on any atom is -0.444 e. The largest absolute Gasteiger partial charge is 0.444 e. The van der Waals surface area contributed by atoms with Gasteiger partial charge in [-0.25, -0.2) is 9.48 Å². The number of amides is 2. The minimum absolute atomic E-state index is 0.115. The van der Waals surface area contributed by atoms with Crippen molar-refractivity contribution in [3.8, 4) is 0 Å². The second-order valence-corrected chi connectivity index (χ2v) is 10.3. The van der Waals surface area contributed by atoms with Crippen LogP contribution in [0, 0.1) is 5.92 Å². The molecule has 35 heavy (non-hydrogen) atoms. The number of benzene rings is 1. The maximum atomic E-state index is 13.2. The van der Waals surface area contributed by atoms with E-state index >= 15 is 0 Å². The van der Waals surface area contributed by atoms with Crippen LogP contribution in [0.25, 0.3) is 0 Å². The van der Waals surface area contributed by atoms with E-state index in [0.717, 1.165) is 30.6 Å². The van der Waals surface area contributed by atoms with Gasteiger partial charge >= 0.3 is 6.09 Å². The van der Waals surface area contributed by atoms with Crippen LogP contribution >= 0.6 is 0 Å². The zero-order valence-electron chi connectivity index (χ0n) is 20.9. The van der Waals surface area contributed by atoms with Gasteiger partial charge in [0.1, 0.15) is 5.60 Å². The summed E-state index contributed by atoms with van der Waals surface area (Å²) in [6.45, 7) is 9.28. The van der Waals surface area contributed by atoms with E-state index in [1.165, 1.54) is 4.68 Å². The number of anilines is 1. The normalized spacial score (nSPS) is 18.9. The Morgan fingerprint density at radius 2 is 1.71 bits per heavy atom. The third-order valence-electron chi connectivity index (χ3n) is 6.41. The zero-order valence-corrected chi connectivity index (χ0v) is 20.9. The lowest BCUT2D eigenvalue weighted by atomic mass is 9.96. The molecule has 1 aromatic carbocycles. The molecule has 2 aromatic rings. The molecule has 9 heteroatoms. The summed E-state index contributed by atoms with van der Waals surface area (Å²) in [5, 5.41) is 4.38. The predicted octanol–water partition coefficient (Wildman–Crippen LogP) is 2.59. The van der Waals surface area contributed by atoms with Crippen molar-refractivity contribution >= 4 is 17.7 Å². The van der Waals surface area contributed by atoms with Crippen LogP contribution in [0.15, 0.2) is 47.4 Å². The lowest BCUT2D eigenvalue weighted by molar-refractivity contribution is -0.137. The Morgan fingerprint density at radius 1 is 1.03 bits per heavy atom. The number of piperidine rings is 1. The van der Waals surface area contributed by atoms with Gasteiger partial charge in [-0.15, -0.1) is 0 Å². The van der Waals surface area contributed by atoms with Crippen molar-refractivity contribution in [2.45, 2.75) is 45.8 Å². The highest BCUT2D eigenvalue weighted by atomic mass is 16.6. The molecule has 0 spiro atoms. The number of hydrogen-bond donors (Lipinski definition) is 0. The first kappa shape index (κ1) is 24.8. The molecule has 2 aliphatic heterocycles. The van der Waals surface area contributed by atoms with E-state index < -0.39 is 5.60 Å². The van der Waals surface area contributed by atoms with E-state index in [1.807, 2.05) is 56.0 Å². The van der Waals surface area contributed by atoms with Crippen LogP contribution in [0.5, 0.6) is 0 Å². The number of hydrogen-bond acceptors (Lipinski definition) is 6. The van der Waals surface area contributed by atoms with E-state index in [-0.39, 0.29) is 23.5 Å². The van der Waals surface area contributed by atoms with Crippen LogP contribution in [0.2, 0.25) is 0 Å². The van der Waals surface area contributed by atoms with Crippen LogP contribution < -0.4 is 10.5 Å². The molecule has 2 saturated heterocycles. The zero-order chi connectivity index (χ0) is 25.0. The van der Waals surface area contributed by atoms with Gasteiger partial charge in [0.15, 0.2) is 0 Å². The number of rotatable bonds is 4. The Balaban J connectivity index is 1.33. The van der Waals surface area contributed by atoms with Crippen LogP contribution in [-0.4, -0.2) is 76.5 Å². The van der Waals surface area contributed by atoms with Gasteiger partial charge in [-0.2, -0.15) is 5.10 Å². The summed E-state index contributed by atoms with van der Waals surface area (Å²) in [6.07, 6.45) is 3.08. The Hall–Kier alpha value is -3.36. The number of ether oxygens (including phenoxy) is 1. The van der Waals surface area contributed by atoms with E-state index in [0.29, 0.717) is 39.3 Å². The van der Waals surface area contributed by atoms with E-state index in [4.69, 9.17) is 4.74 Å². The third-order valence-corrected chi connectivity index (χ3v) is 6.41. The summed E-state index contributed by atoms with van der Waals surface area (Å²) in [5.74, 6) is -0.0208. The standard InChI is InChI=1S/C26H35N5O4/c1-26(2,3)35-25(34)29-14-12-28(13-15-29)24(33)21-10-7-11-30(19-21)22-16-23(32)31(27-17-22)18-20-8-5-4-6-9-20/h4-6,8-9,16-17,21H,7,10-15,18-19H2,1-3H3/t21-/m1/s1. The molecule has 2 fully saturated rings. The summed E-state index contributed by atoms with van der Waals surface area (Å²) in [6, 6.07) is 11.4. The molecule has 2 aliphatic rings. The van der Waals surface area contributed by atoms with Gasteiger partial charge < -0.3 is 19.4 Å². The highest BCUT2D eigenvalue weighted by molar-refractivity contribution is 5.80. The first-order chi connectivity index (χ1) is 16.7. The Bertz CT molecular complexity index is 1090. The smallest absolute Gasteiger partial charge is 0.410 e. The van der Waals surface area contributed by atoms with Crippen molar-refractivity contribution in [2.75, 3.05) is 44.2 Å². The third kappa shape index (κ3) is 6.41. The van der Waals surface area contributed by atoms with E-state index in [9.17, 15) is 14.4 Å². The highest BCUT2D eigenvalue weighted by Gasteiger charge is 2.33. The summed E-state index contributed by atoms with van der Waals surface area (Å²) >= 11 is 0. The summed E-state index contributed by atoms with van der Waals surface area (Å²) in [7, 11) is 0. The molecule has 0 aliphatic carbocycles. The van der Waals surface area contributed by atoms with Crippen molar-refractivity contribution in [2.24, 2.45) is 5.92 Å². The highest BCUT2D eigenvalue weighted by Crippen LogP contribution is 2.24. The molecule has 188 valence electrons. The fourth-order valence-corrected chi connectivity index (χ4v) is 4.58. The number of aromatic nitrogens is 2. The molecule has 2 amide bonds. The van der Waals surface area contributed by atoms with Gasteiger partial charge in [-0.1, -0.05) is 30.3 Å². The fourth-order valence-electron chi connectivity index (χ4n) is 4.58. The second kappa shape index (κ2) is 10.5. The van der Waals surface area contributed by atoms with E-state index in [1.54, 1.807) is 17.2 Å². The minimum atomic E-state index is -0.535. The molecule has 0 bridgehead atoms. The molecule has 1 atom stereocenters. The van der Waals surface area contributed by atoms with Gasteiger partial charge in [0.2, 0.25) is 5.91 Å². The second-order valence-electron chi connectivity index (χ2n) is 10.3. The van der Waals surface area contributed by atoms with Crippen LogP contribution in [-0.2, 0) is 16.1 Å². The van der Waals surface area contributed by atoms with Crippen molar-refractivity contribution < 1.29 is 14.3 Å². The molecule has 3 heterocycles. The summed E-state index contributed by atoms with van der Waals surface area (Å²) in [4.78, 5) is 43.8. The molecule has 0 saturated carbocycles. The quantitative estimate of drug-likeness (QED) is 0.667. The maximum absolute atomic E-state index is 13.2. The SMILES string of the molecule is CC(C)(C)OC(=O)N1CCN(C(=O)[C@@H]2CCCN(c3cnn(Cc4ccccc4)c(=O)c3)C2)CC1. The van der Waals surface area contributed by atoms with Gasteiger partial charge in [-0.3, -0.25) is 9.59 Å². The topological polar surface area (TPSA) is 88.0 Å². The van der Waals surface area contributed by atoms with Crippen molar-refractivity contribution in [1.29, 1.82) is 0 Å². The molecule has 4 rings (SSSR count). The van der Waals surface area contributed by atoms with E-state index in [2.05, 4.69) is 10.00 Å². The fraction of sp³-hybridized carbons (Fsp3) is 0.538. The van der Waals surface area contributed by atoms with Crippen LogP contribution in [0.4, 0.5) is 10.5 Å². The average molecular weight is 482 g/mol. The number of carbonyl (C=O) groups excluding carboxylic acids is 2. The number of carbonyl (C=O) groups is 2. The number of piperazine rings is 1. The first-order valence-electron chi connectivity index (χ1n) is 12.3. The maximum Gasteiger partial charge on any atom is 0.410 e. The predicted molar refractivity (Wildman–Crippen MR) is 133 cm³/mol. The lowest BCUT2D eigenvalue weighted by Gasteiger charge is -2.39. The molecule has 9 nitrogen and oxygen atoms in total. The van der Waals surface area contributed by atoms with Gasteiger partial charge in [0.05, 0.1) is 24.3 Å². The molecule has 0 radical (unpaired) electrons. The molecule has 0 unspecified atom stereocenters.